The van der Waals surface area contributed by atoms with Crippen LogP contribution >= 0.6 is 0 Å². The molecule has 1 N–H and O–H groups in total. The molecule has 0 saturated carbocycles. The van der Waals surface area contributed by atoms with Crippen LogP contribution in [-0.4, -0.2) is 25.5 Å². The highest BCUT2D eigenvalue weighted by atomic mass is 32.2. The maximum absolute atomic E-state index is 13.2. The first kappa shape index (κ1) is 15.0. The third-order valence-corrected chi connectivity index (χ3v) is 4.26. The van der Waals surface area contributed by atoms with Gasteiger partial charge >= 0.3 is 0 Å². The van der Waals surface area contributed by atoms with E-state index >= 15 is 0 Å². The molecule has 1 atom stereocenters. The van der Waals surface area contributed by atoms with E-state index in [1.165, 1.54) is 18.2 Å². The first-order chi connectivity index (χ1) is 9.28. The van der Waals surface area contributed by atoms with Gasteiger partial charge in [0.2, 0.25) is 0 Å². The highest BCUT2D eigenvalue weighted by Crippen LogP contribution is 2.31. The van der Waals surface area contributed by atoms with Crippen molar-refractivity contribution in [2.45, 2.75) is 25.9 Å². The molecule has 0 saturated heterocycles. The summed E-state index contributed by atoms with van der Waals surface area (Å²) in [5.74, 6) is 0.0384. The molecule has 0 fully saturated rings. The molecule has 6 heteroatoms. The van der Waals surface area contributed by atoms with E-state index in [0.29, 0.717) is 28.7 Å². The Bertz CT molecular complexity index is 718. The highest BCUT2D eigenvalue weighted by Gasteiger charge is 2.19. The van der Waals surface area contributed by atoms with Gasteiger partial charge in [0.1, 0.15) is 33.1 Å². The molecular weight excluding hydrogens is 283 g/mol. The van der Waals surface area contributed by atoms with Crippen molar-refractivity contribution in [1.82, 2.24) is 0 Å². The van der Waals surface area contributed by atoms with Gasteiger partial charge in [0.05, 0.1) is 0 Å². The summed E-state index contributed by atoms with van der Waals surface area (Å²) in [5, 5.41) is 10.7. The van der Waals surface area contributed by atoms with Crippen molar-refractivity contribution in [3.8, 4) is 0 Å². The van der Waals surface area contributed by atoms with E-state index in [1.54, 1.807) is 6.92 Å². The minimum Gasteiger partial charge on any atom is -0.458 e. The van der Waals surface area contributed by atoms with Crippen LogP contribution in [0.2, 0.25) is 0 Å². The van der Waals surface area contributed by atoms with Crippen molar-refractivity contribution < 1.29 is 22.3 Å². The molecule has 4 nitrogen and oxygen atoms in total. The van der Waals surface area contributed by atoms with Gasteiger partial charge < -0.3 is 9.52 Å². The minimum absolute atomic E-state index is 0.0258. The van der Waals surface area contributed by atoms with Gasteiger partial charge in [0.15, 0.2) is 0 Å². The Morgan fingerprint density at radius 3 is 2.75 bits per heavy atom. The molecule has 1 heterocycles. The molecule has 0 aliphatic carbocycles. The molecule has 2 rings (SSSR count). The fourth-order valence-electron chi connectivity index (χ4n) is 2.20. The van der Waals surface area contributed by atoms with Gasteiger partial charge in [-0.3, -0.25) is 0 Å². The highest BCUT2D eigenvalue weighted by molar-refractivity contribution is 7.90. The summed E-state index contributed by atoms with van der Waals surface area (Å²) in [7, 11) is -3.03. The van der Waals surface area contributed by atoms with Crippen LogP contribution < -0.4 is 0 Å². The SMILES string of the molecule is Cc1c(C(O)CCCS(C)(=O)=O)oc2ccc(F)cc12. The van der Waals surface area contributed by atoms with Gasteiger partial charge in [0, 0.05) is 23.0 Å². The van der Waals surface area contributed by atoms with E-state index in [9.17, 15) is 17.9 Å². The first-order valence-electron chi connectivity index (χ1n) is 6.32. The molecule has 0 amide bonds. The van der Waals surface area contributed by atoms with Gasteiger partial charge in [-0.2, -0.15) is 0 Å². The number of hydrogen-bond donors (Lipinski definition) is 1. The summed E-state index contributed by atoms with van der Waals surface area (Å²) in [6, 6.07) is 4.18. The number of aryl methyl sites for hydroxylation is 1. The standard InChI is InChI=1S/C14H17FO4S/c1-9-11-8-10(15)5-6-13(11)19-14(9)12(16)4-3-7-20(2,17)18/h5-6,8,12,16H,3-4,7H2,1-2H3. The number of halogens is 1. The number of aliphatic hydroxyl groups excluding tert-OH is 1. The van der Waals surface area contributed by atoms with Crippen molar-refractivity contribution >= 4 is 20.8 Å². The van der Waals surface area contributed by atoms with E-state index in [-0.39, 0.29) is 18.0 Å². The number of rotatable bonds is 5. The number of benzene rings is 1. The van der Waals surface area contributed by atoms with Crippen LogP contribution in [0, 0.1) is 12.7 Å². The largest absolute Gasteiger partial charge is 0.458 e. The van der Waals surface area contributed by atoms with E-state index in [0.717, 1.165) is 6.26 Å². The molecule has 0 bridgehead atoms. The zero-order valence-electron chi connectivity index (χ0n) is 11.4. The number of sulfone groups is 1. The van der Waals surface area contributed by atoms with Crippen LogP contribution in [-0.2, 0) is 9.84 Å². The Kier molecular flexibility index (Phi) is 4.15. The molecule has 0 spiro atoms. The van der Waals surface area contributed by atoms with Crippen LogP contribution in [0.15, 0.2) is 22.6 Å². The van der Waals surface area contributed by atoms with Crippen LogP contribution in [0.5, 0.6) is 0 Å². The quantitative estimate of drug-likeness (QED) is 0.922. The summed E-state index contributed by atoms with van der Waals surface area (Å²) in [6.07, 6.45) is 0.919. The third kappa shape index (κ3) is 3.37. The second kappa shape index (κ2) is 5.54. The smallest absolute Gasteiger partial charge is 0.147 e. The molecule has 1 unspecified atom stereocenters. The molecule has 1 aromatic heterocycles. The van der Waals surface area contributed by atoms with Crippen molar-refractivity contribution in [2.75, 3.05) is 12.0 Å². The second-order valence-corrected chi connectivity index (χ2v) is 7.28. The van der Waals surface area contributed by atoms with Crippen LogP contribution in [0.4, 0.5) is 4.39 Å². The Balaban J connectivity index is 2.18. The Hall–Kier alpha value is -1.40. The average molecular weight is 300 g/mol. The first-order valence-corrected chi connectivity index (χ1v) is 8.38. The average Bonchev–Trinajstić information content (AvgIpc) is 2.65. The summed E-state index contributed by atoms with van der Waals surface area (Å²) in [6.45, 7) is 1.75. The van der Waals surface area contributed by atoms with Crippen molar-refractivity contribution in [1.29, 1.82) is 0 Å². The molecule has 0 radical (unpaired) electrons. The number of hydrogen-bond acceptors (Lipinski definition) is 4. The molecule has 0 aliphatic heterocycles. The van der Waals surface area contributed by atoms with Gasteiger partial charge in [-0.25, -0.2) is 12.8 Å². The molecule has 2 aromatic rings. The van der Waals surface area contributed by atoms with Crippen LogP contribution in [0.1, 0.15) is 30.3 Å². The van der Waals surface area contributed by atoms with Crippen molar-refractivity contribution in [3.63, 3.8) is 0 Å². The fourth-order valence-corrected chi connectivity index (χ4v) is 2.89. The van der Waals surface area contributed by atoms with Gasteiger partial charge in [0.25, 0.3) is 0 Å². The lowest BCUT2D eigenvalue weighted by Crippen LogP contribution is -2.05. The van der Waals surface area contributed by atoms with Gasteiger partial charge in [-0.15, -0.1) is 0 Å². The van der Waals surface area contributed by atoms with E-state index in [4.69, 9.17) is 4.42 Å². The lowest BCUT2D eigenvalue weighted by Gasteiger charge is -2.08. The topological polar surface area (TPSA) is 67.5 Å². The zero-order chi connectivity index (χ0) is 14.9. The zero-order valence-corrected chi connectivity index (χ0v) is 12.2. The summed E-state index contributed by atoms with van der Waals surface area (Å²) in [5.41, 5.74) is 1.20. The lowest BCUT2D eigenvalue weighted by atomic mass is 10.1. The Labute approximate surface area is 117 Å². The van der Waals surface area contributed by atoms with Crippen molar-refractivity contribution in [3.05, 3.63) is 35.3 Å². The third-order valence-electron chi connectivity index (χ3n) is 3.23. The second-order valence-electron chi connectivity index (χ2n) is 5.02. The molecule has 20 heavy (non-hydrogen) atoms. The summed E-state index contributed by atoms with van der Waals surface area (Å²) < 4.78 is 40.8. The molecular formula is C14H17FO4S. The van der Waals surface area contributed by atoms with Crippen LogP contribution in [0.3, 0.4) is 0 Å². The normalized spacial score (nSPS) is 13.8. The Morgan fingerprint density at radius 1 is 1.40 bits per heavy atom. The van der Waals surface area contributed by atoms with Gasteiger partial charge in [-0.1, -0.05) is 0 Å². The summed E-state index contributed by atoms with van der Waals surface area (Å²) in [4.78, 5) is 0. The Morgan fingerprint density at radius 2 is 2.10 bits per heavy atom. The van der Waals surface area contributed by atoms with E-state index in [2.05, 4.69) is 0 Å². The molecule has 0 aliphatic rings. The minimum atomic E-state index is -3.03. The maximum atomic E-state index is 13.2. The predicted molar refractivity (Wildman–Crippen MR) is 74.8 cm³/mol. The number of furan rings is 1. The van der Waals surface area contributed by atoms with E-state index < -0.39 is 15.9 Å². The molecule has 110 valence electrons. The number of fused-ring (bicyclic) bond motifs is 1. The van der Waals surface area contributed by atoms with E-state index in [1.807, 2.05) is 0 Å². The maximum Gasteiger partial charge on any atom is 0.147 e. The van der Waals surface area contributed by atoms with Crippen LogP contribution in [0.25, 0.3) is 11.0 Å². The lowest BCUT2D eigenvalue weighted by molar-refractivity contribution is 0.141. The van der Waals surface area contributed by atoms with Crippen molar-refractivity contribution in [2.24, 2.45) is 0 Å². The fraction of sp³-hybridized carbons (Fsp3) is 0.429. The van der Waals surface area contributed by atoms with Gasteiger partial charge in [-0.05, 0) is 38.0 Å². The summed E-state index contributed by atoms with van der Waals surface area (Å²) >= 11 is 0. The molecule has 1 aromatic carbocycles. The monoisotopic (exact) mass is 300 g/mol. The number of aliphatic hydroxyl groups is 1. The predicted octanol–water partition coefficient (Wildman–Crippen LogP) is 2.74.